The predicted molar refractivity (Wildman–Crippen MR) is 145 cm³/mol. The predicted octanol–water partition coefficient (Wildman–Crippen LogP) is 4.49. The topological polar surface area (TPSA) is 152 Å². The number of carbonyl (C=O) groups is 2. The molecular formula is C26H27ClN6O3S. The highest BCUT2D eigenvalue weighted by molar-refractivity contribution is 7.15. The number of halogens is 1. The van der Waals surface area contributed by atoms with E-state index in [2.05, 4.69) is 20.8 Å². The van der Waals surface area contributed by atoms with Crippen molar-refractivity contribution in [2.45, 2.75) is 38.2 Å². The zero-order valence-corrected chi connectivity index (χ0v) is 21.5. The molecule has 1 unspecified atom stereocenters. The molecule has 0 spiro atoms. The van der Waals surface area contributed by atoms with Gasteiger partial charge in [-0.2, -0.15) is 0 Å². The summed E-state index contributed by atoms with van der Waals surface area (Å²) >= 11 is 7.14. The maximum absolute atomic E-state index is 12.3. The van der Waals surface area contributed by atoms with E-state index in [1.165, 1.54) is 29.6 Å². The molecule has 0 saturated heterocycles. The van der Waals surface area contributed by atoms with Crippen molar-refractivity contribution < 1.29 is 14.7 Å². The number of hydrogen-bond acceptors (Lipinski definition) is 8. The molecule has 2 aromatic carbocycles. The first-order valence-corrected chi connectivity index (χ1v) is 12.7. The number of aliphatic hydroxyl groups is 1. The van der Waals surface area contributed by atoms with Crippen LogP contribution in [0.15, 0.2) is 66.7 Å². The Labute approximate surface area is 223 Å². The highest BCUT2D eigenvalue weighted by atomic mass is 35.5. The smallest absolute Gasteiger partial charge is 0.259 e. The van der Waals surface area contributed by atoms with E-state index >= 15 is 0 Å². The largest absolute Gasteiger partial charge is 0.378 e. The molecule has 9 nitrogen and oxygen atoms in total. The molecule has 0 aliphatic heterocycles. The average Bonchev–Trinajstić information content (AvgIpc) is 3.32. The highest BCUT2D eigenvalue weighted by Gasteiger charge is 2.19. The maximum atomic E-state index is 12.3. The molecule has 0 radical (unpaired) electrons. The Morgan fingerprint density at radius 3 is 2.59 bits per heavy atom. The van der Waals surface area contributed by atoms with Gasteiger partial charge >= 0.3 is 0 Å². The summed E-state index contributed by atoms with van der Waals surface area (Å²) in [6.07, 6.45) is 4.36. The molecule has 11 heteroatoms. The summed E-state index contributed by atoms with van der Waals surface area (Å²) < 4.78 is 0. The third-order valence-electron chi connectivity index (χ3n) is 5.13. The average molecular weight is 539 g/mol. The van der Waals surface area contributed by atoms with E-state index in [1.807, 2.05) is 30.3 Å². The van der Waals surface area contributed by atoms with Crippen LogP contribution in [0.25, 0.3) is 0 Å². The Morgan fingerprint density at radius 2 is 1.84 bits per heavy atom. The fourth-order valence-electron chi connectivity index (χ4n) is 3.28. The molecule has 0 fully saturated rings. The van der Waals surface area contributed by atoms with Crippen molar-refractivity contribution in [1.82, 2.24) is 15.5 Å². The number of amidine groups is 1. The van der Waals surface area contributed by atoms with Crippen molar-refractivity contribution in [3.8, 4) is 0 Å². The number of rotatable bonds is 12. The fraction of sp³-hybridized carbons (Fsp3) is 0.231. The number of unbranched alkanes of at least 4 members (excludes halogenated alkanes) is 1. The second-order valence-electron chi connectivity index (χ2n) is 8.14. The van der Waals surface area contributed by atoms with Crippen LogP contribution >= 0.6 is 22.9 Å². The molecule has 37 heavy (non-hydrogen) atoms. The minimum Gasteiger partial charge on any atom is -0.378 e. The Hall–Kier alpha value is -3.73. The molecule has 5 N–H and O–H groups in total. The molecule has 0 aliphatic rings. The van der Waals surface area contributed by atoms with Gasteiger partial charge in [0.05, 0.1) is 6.42 Å². The van der Waals surface area contributed by atoms with Crippen LogP contribution in [0.5, 0.6) is 0 Å². The number of hydrogen-bond donors (Lipinski definition) is 5. The summed E-state index contributed by atoms with van der Waals surface area (Å²) in [7, 11) is 0. The van der Waals surface area contributed by atoms with Crippen LogP contribution in [0, 0.1) is 10.8 Å². The van der Waals surface area contributed by atoms with Gasteiger partial charge in [-0.1, -0.05) is 65.4 Å². The Balaban J connectivity index is 1.34. The first kappa shape index (κ1) is 27.9. The van der Waals surface area contributed by atoms with E-state index in [9.17, 15) is 14.7 Å². The lowest BCUT2D eigenvalue weighted by Crippen LogP contribution is -2.29. The Kier molecular flexibility index (Phi) is 10.6. The van der Waals surface area contributed by atoms with Gasteiger partial charge in [-0.15, -0.1) is 10.2 Å². The van der Waals surface area contributed by atoms with Crippen LogP contribution in [-0.2, 0) is 22.4 Å². The summed E-state index contributed by atoms with van der Waals surface area (Å²) in [5, 5.41) is 40.6. The Morgan fingerprint density at radius 1 is 1.05 bits per heavy atom. The number of allylic oxidation sites excluding steroid dienone is 1. The second-order valence-corrected chi connectivity index (χ2v) is 9.64. The first-order valence-electron chi connectivity index (χ1n) is 11.5. The molecule has 0 bridgehead atoms. The summed E-state index contributed by atoms with van der Waals surface area (Å²) in [5.74, 6) is -0.958. The van der Waals surface area contributed by atoms with E-state index in [0.717, 1.165) is 23.4 Å². The second kappa shape index (κ2) is 14.1. The van der Waals surface area contributed by atoms with Crippen molar-refractivity contribution in [3.63, 3.8) is 0 Å². The van der Waals surface area contributed by atoms with Crippen molar-refractivity contribution >= 4 is 51.4 Å². The monoisotopic (exact) mass is 538 g/mol. The lowest BCUT2D eigenvalue weighted by Gasteiger charge is -2.09. The zero-order chi connectivity index (χ0) is 26.6. The third-order valence-corrected chi connectivity index (χ3v) is 6.26. The lowest BCUT2D eigenvalue weighted by molar-refractivity contribution is -0.124. The van der Waals surface area contributed by atoms with Crippen molar-refractivity contribution in [2.24, 2.45) is 0 Å². The van der Waals surface area contributed by atoms with Gasteiger partial charge in [0.1, 0.15) is 10.8 Å². The van der Waals surface area contributed by atoms with Crippen LogP contribution in [0.1, 0.15) is 41.5 Å². The summed E-state index contributed by atoms with van der Waals surface area (Å²) in [6, 6.07) is 15.7. The molecule has 0 saturated carbocycles. The first-order chi connectivity index (χ1) is 17.8. The van der Waals surface area contributed by atoms with Crippen LogP contribution in [0.2, 0.25) is 5.02 Å². The van der Waals surface area contributed by atoms with Crippen molar-refractivity contribution in [3.05, 3.63) is 87.9 Å². The number of aryl methyl sites for hydroxylation is 1. The maximum Gasteiger partial charge on any atom is 0.259 e. The number of aliphatic hydroxyl groups excluding tert-OH is 1. The molecule has 3 rings (SSSR count). The van der Waals surface area contributed by atoms with Crippen LogP contribution in [0.3, 0.4) is 0 Å². The van der Waals surface area contributed by atoms with Gasteiger partial charge in [-0.3, -0.25) is 20.3 Å². The van der Waals surface area contributed by atoms with E-state index in [1.54, 1.807) is 18.2 Å². The number of amides is 2. The van der Waals surface area contributed by atoms with Gasteiger partial charge in [0, 0.05) is 17.2 Å². The minimum absolute atomic E-state index is 0.0606. The van der Waals surface area contributed by atoms with E-state index in [0.29, 0.717) is 34.3 Å². The quantitative estimate of drug-likeness (QED) is 0.131. The van der Waals surface area contributed by atoms with Crippen LogP contribution in [0.4, 0.5) is 5.13 Å². The van der Waals surface area contributed by atoms with Gasteiger partial charge in [0.15, 0.2) is 6.10 Å². The fourth-order valence-corrected chi connectivity index (χ4v) is 4.27. The van der Waals surface area contributed by atoms with Gasteiger partial charge < -0.3 is 15.8 Å². The van der Waals surface area contributed by atoms with Crippen LogP contribution < -0.4 is 10.6 Å². The van der Waals surface area contributed by atoms with Gasteiger partial charge in [0.2, 0.25) is 11.0 Å². The molecular weight excluding hydrogens is 512 g/mol. The number of aromatic nitrogens is 2. The van der Waals surface area contributed by atoms with Crippen molar-refractivity contribution in [1.29, 1.82) is 10.8 Å². The molecule has 0 aliphatic carbocycles. The number of carbonyl (C=O) groups excluding carboxylic acids is 2. The molecule has 192 valence electrons. The minimum atomic E-state index is -1.37. The Bertz CT molecular complexity index is 1280. The molecule has 2 amide bonds. The molecule has 1 atom stereocenters. The summed E-state index contributed by atoms with van der Waals surface area (Å²) in [5.41, 5.74) is 1.60. The molecule has 1 heterocycles. The number of nitrogens with zero attached hydrogens (tertiary/aromatic N) is 2. The number of anilines is 1. The summed E-state index contributed by atoms with van der Waals surface area (Å²) in [4.78, 5) is 24.3. The number of nitrogens with one attached hydrogen (secondary N) is 4. The third kappa shape index (κ3) is 9.68. The SMILES string of the molecule is N=C(/C=C\C(=N)NC(=O)Cc1ccccc1)CCCCc1nnc(NC(=O)C(O)c2cccc(Cl)c2)s1. The zero-order valence-electron chi connectivity index (χ0n) is 19.9. The van der Waals surface area contributed by atoms with E-state index < -0.39 is 12.0 Å². The van der Waals surface area contributed by atoms with Crippen molar-refractivity contribution in [2.75, 3.05) is 5.32 Å². The highest BCUT2D eigenvalue weighted by Crippen LogP contribution is 2.22. The lowest BCUT2D eigenvalue weighted by atomic mass is 10.1. The standard InChI is InChI=1S/C26H27ClN6O3S/c27-19-10-6-9-18(16-19)24(35)25(36)31-26-33-32-23(37-26)12-5-4-11-20(28)13-14-21(29)30-22(34)15-17-7-2-1-3-8-17/h1-3,6-10,13-14,16,24,28,35H,4-5,11-12,15H2,(H2,29,30,34)(H,31,33,36)/b14-13-,28-20?. The van der Waals surface area contributed by atoms with Gasteiger partial charge in [-0.25, -0.2) is 0 Å². The van der Waals surface area contributed by atoms with Crippen LogP contribution in [-0.4, -0.2) is 38.7 Å². The van der Waals surface area contributed by atoms with Gasteiger partial charge in [-0.05, 0) is 54.7 Å². The molecule has 3 aromatic rings. The molecule has 1 aromatic heterocycles. The summed E-state index contributed by atoms with van der Waals surface area (Å²) in [6.45, 7) is 0. The van der Waals surface area contributed by atoms with Gasteiger partial charge in [0.25, 0.3) is 5.91 Å². The normalized spacial score (nSPS) is 11.7. The van der Waals surface area contributed by atoms with E-state index in [-0.39, 0.29) is 18.2 Å². The number of benzene rings is 2. The van der Waals surface area contributed by atoms with E-state index in [4.69, 9.17) is 22.4 Å².